The third-order valence-corrected chi connectivity index (χ3v) is 6.09. The normalized spacial score (nSPS) is 14.5. The molecule has 0 bridgehead atoms. The standard InChI is InChI=1S/C26H25FN4O2/c1-33-24-9-5-4-8-23(24)30-16-14-29(15-17-30)18-25-28-22-7-3-2-6-21(22)26(32)31(25)20-12-10-19(27)11-13-20/h2-13H,14-18H2,1H3. The highest BCUT2D eigenvalue weighted by Gasteiger charge is 2.22. The number of aromatic nitrogens is 2. The fraction of sp³-hybridized carbons (Fsp3) is 0.231. The lowest BCUT2D eigenvalue weighted by atomic mass is 10.2. The molecule has 0 aliphatic carbocycles. The Morgan fingerprint density at radius 3 is 2.36 bits per heavy atom. The van der Waals surface area contributed by atoms with E-state index in [0.717, 1.165) is 37.6 Å². The monoisotopic (exact) mass is 444 g/mol. The number of halogens is 1. The summed E-state index contributed by atoms with van der Waals surface area (Å²) < 4.78 is 20.7. The maximum Gasteiger partial charge on any atom is 0.266 e. The predicted octanol–water partition coefficient (Wildman–Crippen LogP) is 3.86. The summed E-state index contributed by atoms with van der Waals surface area (Å²) >= 11 is 0. The second-order valence-electron chi connectivity index (χ2n) is 8.10. The highest BCUT2D eigenvalue weighted by molar-refractivity contribution is 5.77. The van der Waals surface area contributed by atoms with E-state index in [1.54, 1.807) is 29.9 Å². The SMILES string of the molecule is COc1ccccc1N1CCN(Cc2nc3ccccc3c(=O)n2-c2ccc(F)cc2)CC1. The van der Waals surface area contributed by atoms with E-state index >= 15 is 0 Å². The Hall–Kier alpha value is -3.71. The molecular weight excluding hydrogens is 419 g/mol. The third-order valence-electron chi connectivity index (χ3n) is 6.09. The van der Waals surface area contributed by atoms with E-state index in [0.29, 0.717) is 29.0 Å². The van der Waals surface area contributed by atoms with Crippen molar-refractivity contribution in [2.75, 3.05) is 38.2 Å². The summed E-state index contributed by atoms with van der Waals surface area (Å²) in [5.41, 5.74) is 2.23. The highest BCUT2D eigenvalue weighted by atomic mass is 19.1. The predicted molar refractivity (Wildman–Crippen MR) is 128 cm³/mol. The van der Waals surface area contributed by atoms with E-state index in [1.807, 2.05) is 36.4 Å². The molecule has 33 heavy (non-hydrogen) atoms. The first-order valence-electron chi connectivity index (χ1n) is 11.0. The number of hydrogen-bond donors (Lipinski definition) is 0. The quantitative estimate of drug-likeness (QED) is 0.468. The number of ether oxygens (including phenoxy) is 1. The van der Waals surface area contributed by atoms with Crippen LogP contribution in [0.1, 0.15) is 5.82 Å². The van der Waals surface area contributed by atoms with Gasteiger partial charge in [-0.15, -0.1) is 0 Å². The number of fused-ring (bicyclic) bond motifs is 1. The van der Waals surface area contributed by atoms with Crippen molar-refractivity contribution in [1.82, 2.24) is 14.5 Å². The summed E-state index contributed by atoms with van der Waals surface area (Å²) in [5.74, 6) is 1.18. The zero-order valence-electron chi connectivity index (χ0n) is 18.4. The molecule has 1 aliphatic heterocycles. The molecule has 2 heterocycles. The Kier molecular flexibility index (Phi) is 5.79. The number of para-hydroxylation sites is 3. The highest BCUT2D eigenvalue weighted by Crippen LogP contribution is 2.28. The van der Waals surface area contributed by atoms with E-state index in [2.05, 4.69) is 15.9 Å². The molecule has 0 radical (unpaired) electrons. The Morgan fingerprint density at radius 2 is 1.61 bits per heavy atom. The first kappa shape index (κ1) is 21.2. The molecule has 0 N–H and O–H groups in total. The van der Waals surface area contributed by atoms with Gasteiger partial charge in [-0.2, -0.15) is 0 Å². The van der Waals surface area contributed by atoms with Crippen LogP contribution in [0.15, 0.2) is 77.6 Å². The van der Waals surface area contributed by atoms with Gasteiger partial charge in [-0.05, 0) is 48.5 Å². The molecule has 0 spiro atoms. The van der Waals surface area contributed by atoms with Gasteiger partial charge in [0, 0.05) is 26.2 Å². The number of hydrogen-bond acceptors (Lipinski definition) is 5. The van der Waals surface area contributed by atoms with Gasteiger partial charge < -0.3 is 9.64 Å². The molecule has 0 saturated carbocycles. The van der Waals surface area contributed by atoms with E-state index in [4.69, 9.17) is 9.72 Å². The molecule has 6 nitrogen and oxygen atoms in total. The summed E-state index contributed by atoms with van der Waals surface area (Å²) in [5, 5.41) is 0.548. The average Bonchev–Trinajstić information content (AvgIpc) is 2.86. The van der Waals surface area contributed by atoms with Crippen LogP contribution < -0.4 is 15.2 Å². The number of methoxy groups -OCH3 is 1. The number of nitrogens with zero attached hydrogens (tertiary/aromatic N) is 4. The van der Waals surface area contributed by atoms with Gasteiger partial charge in [0.15, 0.2) is 0 Å². The van der Waals surface area contributed by atoms with Crippen LogP contribution in [0.3, 0.4) is 0 Å². The Bertz CT molecular complexity index is 1330. The smallest absolute Gasteiger partial charge is 0.266 e. The summed E-state index contributed by atoms with van der Waals surface area (Å²) in [6.45, 7) is 3.86. The maximum absolute atomic E-state index is 13.5. The van der Waals surface area contributed by atoms with E-state index in [-0.39, 0.29) is 11.4 Å². The van der Waals surface area contributed by atoms with Crippen molar-refractivity contribution >= 4 is 16.6 Å². The lowest BCUT2D eigenvalue weighted by Gasteiger charge is -2.36. The average molecular weight is 445 g/mol. The minimum Gasteiger partial charge on any atom is -0.495 e. The molecule has 1 aliphatic rings. The molecule has 4 aromatic rings. The number of anilines is 1. The second-order valence-corrected chi connectivity index (χ2v) is 8.10. The Balaban J connectivity index is 1.44. The molecule has 3 aromatic carbocycles. The van der Waals surface area contributed by atoms with Crippen molar-refractivity contribution in [2.24, 2.45) is 0 Å². The molecule has 5 rings (SSSR count). The van der Waals surface area contributed by atoms with Crippen molar-refractivity contribution in [3.8, 4) is 11.4 Å². The van der Waals surface area contributed by atoms with Gasteiger partial charge in [0.2, 0.25) is 0 Å². The molecule has 1 saturated heterocycles. The summed E-state index contributed by atoms with van der Waals surface area (Å²) in [6, 6.07) is 21.4. The van der Waals surface area contributed by atoms with Gasteiger partial charge in [0.1, 0.15) is 17.4 Å². The first-order valence-corrected chi connectivity index (χ1v) is 11.0. The largest absolute Gasteiger partial charge is 0.495 e. The van der Waals surface area contributed by atoms with Crippen LogP contribution in [0.4, 0.5) is 10.1 Å². The van der Waals surface area contributed by atoms with Crippen molar-refractivity contribution in [3.63, 3.8) is 0 Å². The fourth-order valence-corrected chi connectivity index (χ4v) is 4.38. The van der Waals surface area contributed by atoms with Crippen LogP contribution >= 0.6 is 0 Å². The molecule has 0 atom stereocenters. The number of rotatable bonds is 5. The van der Waals surface area contributed by atoms with E-state index in [9.17, 15) is 9.18 Å². The van der Waals surface area contributed by atoms with Crippen LogP contribution in [-0.4, -0.2) is 47.7 Å². The molecule has 0 unspecified atom stereocenters. The molecule has 1 aromatic heterocycles. The summed E-state index contributed by atoms with van der Waals surface area (Å²) in [4.78, 5) is 22.8. The van der Waals surface area contributed by atoms with Crippen LogP contribution in [-0.2, 0) is 6.54 Å². The lowest BCUT2D eigenvalue weighted by molar-refractivity contribution is 0.241. The number of piperazine rings is 1. The zero-order valence-corrected chi connectivity index (χ0v) is 18.4. The molecule has 168 valence electrons. The van der Waals surface area contributed by atoms with E-state index in [1.165, 1.54) is 12.1 Å². The molecule has 1 fully saturated rings. The lowest BCUT2D eigenvalue weighted by Crippen LogP contribution is -2.46. The summed E-state index contributed by atoms with van der Waals surface area (Å²) in [7, 11) is 1.69. The van der Waals surface area contributed by atoms with Crippen LogP contribution in [0.2, 0.25) is 0 Å². The number of benzene rings is 3. The molecular formula is C26H25FN4O2. The second kappa shape index (κ2) is 9.03. The van der Waals surface area contributed by atoms with Crippen LogP contribution in [0, 0.1) is 5.82 Å². The molecule has 7 heteroatoms. The van der Waals surface area contributed by atoms with Gasteiger partial charge in [0.05, 0.1) is 35.9 Å². The third kappa shape index (κ3) is 4.19. The fourth-order valence-electron chi connectivity index (χ4n) is 4.38. The van der Waals surface area contributed by atoms with Gasteiger partial charge >= 0.3 is 0 Å². The van der Waals surface area contributed by atoms with Crippen molar-refractivity contribution < 1.29 is 9.13 Å². The Labute approximate surface area is 191 Å². The first-order chi connectivity index (χ1) is 16.1. The van der Waals surface area contributed by atoms with Crippen molar-refractivity contribution in [1.29, 1.82) is 0 Å². The maximum atomic E-state index is 13.5. The van der Waals surface area contributed by atoms with E-state index < -0.39 is 0 Å². The van der Waals surface area contributed by atoms with Gasteiger partial charge in [-0.25, -0.2) is 9.37 Å². The molecule has 0 amide bonds. The van der Waals surface area contributed by atoms with Crippen LogP contribution in [0.5, 0.6) is 5.75 Å². The Morgan fingerprint density at radius 1 is 0.909 bits per heavy atom. The minimum absolute atomic E-state index is 0.144. The summed E-state index contributed by atoms with van der Waals surface area (Å²) in [6.07, 6.45) is 0. The van der Waals surface area contributed by atoms with Gasteiger partial charge in [-0.3, -0.25) is 14.3 Å². The van der Waals surface area contributed by atoms with Crippen molar-refractivity contribution in [2.45, 2.75) is 6.54 Å². The van der Waals surface area contributed by atoms with Crippen LogP contribution in [0.25, 0.3) is 16.6 Å². The van der Waals surface area contributed by atoms with Crippen molar-refractivity contribution in [3.05, 3.63) is 94.8 Å². The van der Waals surface area contributed by atoms with Gasteiger partial charge in [-0.1, -0.05) is 24.3 Å². The zero-order chi connectivity index (χ0) is 22.8. The minimum atomic E-state index is -0.338. The van der Waals surface area contributed by atoms with Gasteiger partial charge in [0.25, 0.3) is 5.56 Å². The topological polar surface area (TPSA) is 50.6 Å².